The van der Waals surface area contributed by atoms with Crippen LogP contribution in [0.5, 0.6) is 11.6 Å². The Morgan fingerprint density at radius 1 is 1.14 bits per heavy atom. The molecular formula is C21H26N2O6. The number of ether oxygens (including phenoxy) is 5. The van der Waals surface area contributed by atoms with E-state index in [1.807, 2.05) is 31.2 Å². The second-order valence-electron chi connectivity index (χ2n) is 6.97. The van der Waals surface area contributed by atoms with Crippen molar-refractivity contribution in [3.8, 4) is 11.6 Å². The van der Waals surface area contributed by atoms with E-state index in [-0.39, 0.29) is 19.1 Å². The molecule has 1 N–H and O–H groups in total. The number of hydrogen-bond acceptors (Lipinski definition) is 7. The van der Waals surface area contributed by atoms with Gasteiger partial charge in [-0.05, 0) is 25.1 Å². The summed E-state index contributed by atoms with van der Waals surface area (Å²) < 4.78 is 27.1. The molecule has 0 saturated carbocycles. The highest BCUT2D eigenvalue weighted by molar-refractivity contribution is 5.95. The third-order valence-corrected chi connectivity index (χ3v) is 4.57. The van der Waals surface area contributed by atoms with Gasteiger partial charge in [0.15, 0.2) is 6.29 Å². The predicted molar refractivity (Wildman–Crippen MR) is 106 cm³/mol. The van der Waals surface area contributed by atoms with Crippen molar-refractivity contribution in [1.29, 1.82) is 0 Å². The van der Waals surface area contributed by atoms with Gasteiger partial charge in [-0.1, -0.05) is 12.1 Å². The molecule has 1 aromatic carbocycles. The van der Waals surface area contributed by atoms with Crippen LogP contribution in [0.4, 0.5) is 5.69 Å². The summed E-state index contributed by atoms with van der Waals surface area (Å²) in [4.78, 5) is 16.9. The first kappa shape index (κ1) is 21.0. The number of nitrogens with one attached hydrogen (secondary N) is 1. The molecule has 1 amide bonds. The largest absolute Gasteiger partial charge is 0.497 e. The molecule has 1 aliphatic rings. The van der Waals surface area contributed by atoms with E-state index >= 15 is 0 Å². The topological polar surface area (TPSA) is 88.1 Å². The second-order valence-corrected chi connectivity index (χ2v) is 6.97. The van der Waals surface area contributed by atoms with Crippen molar-refractivity contribution >= 4 is 11.6 Å². The molecule has 156 valence electrons. The average Bonchev–Trinajstić information content (AvgIpc) is 2.76. The van der Waals surface area contributed by atoms with Gasteiger partial charge in [-0.3, -0.25) is 4.79 Å². The van der Waals surface area contributed by atoms with E-state index in [0.717, 1.165) is 11.3 Å². The summed E-state index contributed by atoms with van der Waals surface area (Å²) in [6, 6.07) is 10.9. The molecule has 8 nitrogen and oxygen atoms in total. The molecule has 29 heavy (non-hydrogen) atoms. The van der Waals surface area contributed by atoms with Crippen molar-refractivity contribution in [3.05, 3.63) is 48.2 Å². The molecule has 1 aliphatic heterocycles. The molecule has 0 spiro atoms. The number of hydrogen-bond donors (Lipinski definition) is 1. The number of pyridine rings is 1. The van der Waals surface area contributed by atoms with Crippen LogP contribution < -0.4 is 14.8 Å². The summed E-state index contributed by atoms with van der Waals surface area (Å²) in [7, 11) is 3.22. The van der Waals surface area contributed by atoms with Gasteiger partial charge < -0.3 is 29.0 Å². The number of anilines is 1. The molecule has 2 aromatic rings. The van der Waals surface area contributed by atoms with Gasteiger partial charge in [0, 0.05) is 18.7 Å². The lowest BCUT2D eigenvalue weighted by Gasteiger charge is -2.36. The number of aromatic nitrogens is 1. The molecule has 0 radical (unpaired) electrons. The SMILES string of the molecule is COCCOc1ccc(NC(=O)C2(C)COC(c3ccc(OC)cc3)OC2)cn1. The smallest absolute Gasteiger partial charge is 0.235 e. The number of rotatable bonds is 8. The Hall–Kier alpha value is -2.68. The minimum absolute atomic E-state index is 0.194. The van der Waals surface area contributed by atoms with Crippen LogP contribution in [-0.4, -0.2) is 51.5 Å². The third-order valence-electron chi connectivity index (χ3n) is 4.57. The molecule has 0 atom stereocenters. The fraction of sp³-hybridized carbons (Fsp3) is 0.429. The maximum Gasteiger partial charge on any atom is 0.235 e. The zero-order valence-corrected chi connectivity index (χ0v) is 16.8. The van der Waals surface area contributed by atoms with E-state index < -0.39 is 11.7 Å². The fourth-order valence-corrected chi connectivity index (χ4v) is 2.74. The highest BCUT2D eigenvalue weighted by Gasteiger charge is 2.40. The lowest BCUT2D eigenvalue weighted by atomic mass is 9.90. The summed E-state index contributed by atoms with van der Waals surface area (Å²) in [6.45, 7) is 3.18. The Morgan fingerprint density at radius 3 is 2.45 bits per heavy atom. The fourth-order valence-electron chi connectivity index (χ4n) is 2.74. The minimum atomic E-state index is -0.809. The van der Waals surface area contributed by atoms with Gasteiger partial charge >= 0.3 is 0 Å². The number of carbonyl (C=O) groups is 1. The number of amides is 1. The quantitative estimate of drug-likeness (QED) is 0.679. The Labute approximate surface area is 170 Å². The molecule has 2 heterocycles. The Bertz CT molecular complexity index is 786. The van der Waals surface area contributed by atoms with E-state index in [2.05, 4.69) is 10.3 Å². The monoisotopic (exact) mass is 402 g/mol. The van der Waals surface area contributed by atoms with E-state index in [9.17, 15) is 4.79 Å². The molecule has 3 rings (SSSR count). The lowest BCUT2D eigenvalue weighted by Crippen LogP contribution is -2.45. The van der Waals surface area contributed by atoms with E-state index in [1.165, 1.54) is 0 Å². The van der Waals surface area contributed by atoms with Crippen molar-refractivity contribution < 1.29 is 28.5 Å². The number of methoxy groups -OCH3 is 2. The summed E-state index contributed by atoms with van der Waals surface area (Å²) in [5.74, 6) is 1.04. The van der Waals surface area contributed by atoms with Gasteiger partial charge in [0.1, 0.15) is 12.4 Å². The van der Waals surface area contributed by atoms with Gasteiger partial charge in [-0.2, -0.15) is 0 Å². The zero-order valence-electron chi connectivity index (χ0n) is 16.8. The summed E-state index contributed by atoms with van der Waals surface area (Å²) in [5.41, 5.74) is 0.644. The molecule has 1 aromatic heterocycles. The van der Waals surface area contributed by atoms with Crippen molar-refractivity contribution in [3.63, 3.8) is 0 Å². The molecule has 0 aliphatic carbocycles. The highest BCUT2D eigenvalue weighted by atomic mass is 16.7. The number of carbonyl (C=O) groups excluding carboxylic acids is 1. The lowest BCUT2D eigenvalue weighted by molar-refractivity contribution is -0.226. The van der Waals surface area contributed by atoms with Gasteiger partial charge in [-0.15, -0.1) is 0 Å². The van der Waals surface area contributed by atoms with Crippen LogP contribution in [0.3, 0.4) is 0 Å². The average molecular weight is 402 g/mol. The van der Waals surface area contributed by atoms with Crippen molar-refractivity contribution in [1.82, 2.24) is 4.98 Å². The molecule has 0 unspecified atom stereocenters. The van der Waals surface area contributed by atoms with E-state index in [0.29, 0.717) is 24.8 Å². The van der Waals surface area contributed by atoms with Gasteiger partial charge in [0.25, 0.3) is 0 Å². The highest BCUT2D eigenvalue weighted by Crippen LogP contribution is 2.33. The van der Waals surface area contributed by atoms with Gasteiger partial charge in [-0.25, -0.2) is 4.98 Å². The molecule has 1 saturated heterocycles. The van der Waals surface area contributed by atoms with Crippen LogP contribution in [-0.2, 0) is 19.0 Å². The van der Waals surface area contributed by atoms with Gasteiger partial charge in [0.2, 0.25) is 11.8 Å². The van der Waals surface area contributed by atoms with Crippen LogP contribution in [0.25, 0.3) is 0 Å². The maximum absolute atomic E-state index is 12.7. The van der Waals surface area contributed by atoms with Crippen molar-refractivity contribution in [2.24, 2.45) is 5.41 Å². The predicted octanol–water partition coefficient (Wildman–Crippen LogP) is 2.81. The standard InChI is InChI=1S/C21H26N2O6/c1-21(13-28-19(29-14-21)15-4-7-17(26-3)8-5-15)20(24)23-16-6-9-18(22-12-16)27-11-10-25-2/h4-9,12,19H,10-11,13-14H2,1-3H3,(H,23,24). The van der Waals surface area contributed by atoms with Crippen LogP contribution in [0.1, 0.15) is 18.8 Å². The summed E-state index contributed by atoms with van der Waals surface area (Å²) in [6.07, 6.45) is 1.04. The van der Waals surface area contributed by atoms with Gasteiger partial charge in [0.05, 0.1) is 44.2 Å². The van der Waals surface area contributed by atoms with Crippen LogP contribution in [0.2, 0.25) is 0 Å². The summed E-state index contributed by atoms with van der Waals surface area (Å²) >= 11 is 0. The van der Waals surface area contributed by atoms with E-state index in [4.69, 9.17) is 23.7 Å². The molecular weight excluding hydrogens is 376 g/mol. The van der Waals surface area contributed by atoms with Crippen LogP contribution >= 0.6 is 0 Å². The Balaban J connectivity index is 1.53. The van der Waals surface area contributed by atoms with Crippen LogP contribution in [0.15, 0.2) is 42.6 Å². The number of benzene rings is 1. The second kappa shape index (κ2) is 9.69. The Kier molecular flexibility index (Phi) is 7.03. The van der Waals surface area contributed by atoms with Crippen LogP contribution in [0, 0.1) is 5.41 Å². The maximum atomic E-state index is 12.7. The van der Waals surface area contributed by atoms with Crippen molar-refractivity contribution in [2.45, 2.75) is 13.2 Å². The molecule has 0 bridgehead atoms. The number of nitrogens with zero attached hydrogens (tertiary/aromatic N) is 1. The summed E-state index contributed by atoms with van der Waals surface area (Å²) in [5, 5.41) is 2.86. The molecule has 1 fully saturated rings. The Morgan fingerprint density at radius 2 is 1.86 bits per heavy atom. The molecule has 8 heteroatoms. The first-order chi connectivity index (χ1) is 14.0. The minimum Gasteiger partial charge on any atom is -0.497 e. The zero-order chi connectivity index (χ0) is 20.7. The normalized spacial score (nSPS) is 21.4. The first-order valence-electron chi connectivity index (χ1n) is 9.30. The first-order valence-corrected chi connectivity index (χ1v) is 9.30. The third kappa shape index (κ3) is 5.44. The van der Waals surface area contributed by atoms with Crippen molar-refractivity contribution in [2.75, 3.05) is 46.0 Å². The van der Waals surface area contributed by atoms with E-state index in [1.54, 1.807) is 32.5 Å².